The highest BCUT2D eigenvalue weighted by Gasteiger charge is 2.10. The number of benzene rings is 1. The van der Waals surface area contributed by atoms with Crippen molar-refractivity contribution in [1.82, 2.24) is 10.2 Å². The maximum absolute atomic E-state index is 8.84. The second-order valence-corrected chi connectivity index (χ2v) is 2.58. The molecule has 12 heavy (non-hydrogen) atoms. The van der Waals surface area contributed by atoms with E-state index in [1.54, 1.807) is 24.4 Å². The first-order chi connectivity index (χ1) is 5.77. The highest BCUT2D eigenvalue weighted by atomic mass is 16.4. The SMILES string of the molecule is OB(O)c1ccc2c[nH]nc2c1. The first kappa shape index (κ1) is 7.33. The number of H-pyrrole nitrogens is 1. The van der Waals surface area contributed by atoms with Gasteiger partial charge in [0.2, 0.25) is 0 Å². The lowest BCUT2D eigenvalue weighted by Gasteiger charge is -1.96. The van der Waals surface area contributed by atoms with E-state index in [0.717, 1.165) is 10.9 Å². The van der Waals surface area contributed by atoms with Gasteiger partial charge in [0.1, 0.15) is 0 Å². The molecule has 0 radical (unpaired) electrons. The van der Waals surface area contributed by atoms with Gasteiger partial charge in [-0.3, -0.25) is 5.10 Å². The van der Waals surface area contributed by atoms with Crippen molar-refractivity contribution < 1.29 is 10.0 Å². The summed E-state index contributed by atoms with van der Waals surface area (Å²) in [6.07, 6.45) is 1.75. The Bertz CT molecular complexity index is 399. The molecule has 0 aliphatic rings. The van der Waals surface area contributed by atoms with Crippen LogP contribution in [-0.2, 0) is 0 Å². The van der Waals surface area contributed by atoms with Crippen molar-refractivity contribution in [2.45, 2.75) is 0 Å². The summed E-state index contributed by atoms with van der Waals surface area (Å²) in [5.41, 5.74) is 1.19. The highest BCUT2D eigenvalue weighted by molar-refractivity contribution is 6.58. The molecule has 0 saturated heterocycles. The molecule has 2 aromatic rings. The third-order valence-electron chi connectivity index (χ3n) is 1.76. The molecule has 60 valence electrons. The van der Waals surface area contributed by atoms with Crippen molar-refractivity contribution >= 4 is 23.5 Å². The van der Waals surface area contributed by atoms with Gasteiger partial charge in [-0.15, -0.1) is 0 Å². The van der Waals surface area contributed by atoms with E-state index in [9.17, 15) is 0 Å². The molecule has 0 fully saturated rings. The Hall–Kier alpha value is -1.33. The zero-order chi connectivity index (χ0) is 8.55. The molecule has 5 heteroatoms. The van der Waals surface area contributed by atoms with Crippen molar-refractivity contribution in [3.05, 3.63) is 24.4 Å². The van der Waals surface area contributed by atoms with Crippen LogP contribution in [0.1, 0.15) is 0 Å². The summed E-state index contributed by atoms with van der Waals surface area (Å²) < 4.78 is 0. The van der Waals surface area contributed by atoms with Crippen LogP contribution in [0.15, 0.2) is 24.4 Å². The molecule has 0 bridgehead atoms. The second-order valence-electron chi connectivity index (χ2n) is 2.58. The van der Waals surface area contributed by atoms with Crippen LogP contribution >= 0.6 is 0 Å². The maximum atomic E-state index is 8.84. The number of hydrogen-bond acceptors (Lipinski definition) is 3. The predicted molar refractivity (Wildman–Crippen MR) is 45.9 cm³/mol. The first-order valence-electron chi connectivity index (χ1n) is 3.57. The minimum absolute atomic E-state index is 0.453. The van der Waals surface area contributed by atoms with E-state index in [0.29, 0.717) is 5.46 Å². The van der Waals surface area contributed by atoms with Crippen LogP contribution in [0.25, 0.3) is 10.9 Å². The third kappa shape index (κ3) is 1.09. The molecular weight excluding hydrogens is 155 g/mol. The van der Waals surface area contributed by atoms with Gasteiger partial charge in [-0.2, -0.15) is 5.10 Å². The fourth-order valence-corrected chi connectivity index (χ4v) is 1.11. The van der Waals surface area contributed by atoms with E-state index in [-0.39, 0.29) is 0 Å². The topological polar surface area (TPSA) is 69.1 Å². The number of aromatic amines is 1. The van der Waals surface area contributed by atoms with Crippen LogP contribution in [0.4, 0.5) is 0 Å². The first-order valence-corrected chi connectivity index (χ1v) is 3.57. The van der Waals surface area contributed by atoms with Gasteiger partial charge in [-0.25, -0.2) is 0 Å². The van der Waals surface area contributed by atoms with Crippen LogP contribution in [0.3, 0.4) is 0 Å². The van der Waals surface area contributed by atoms with Gasteiger partial charge in [0, 0.05) is 11.6 Å². The highest BCUT2D eigenvalue weighted by Crippen LogP contribution is 2.06. The second kappa shape index (κ2) is 2.62. The van der Waals surface area contributed by atoms with Crippen LogP contribution in [0.5, 0.6) is 0 Å². The number of aromatic nitrogens is 2. The predicted octanol–water partition coefficient (Wildman–Crippen LogP) is -0.757. The summed E-state index contributed by atoms with van der Waals surface area (Å²) in [6.45, 7) is 0. The fraction of sp³-hybridized carbons (Fsp3) is 0. The molecule has 0 atom stereocenters. The molecule has 2 rings (SSSR count). The molecule has 0 unspecified atom stereocenters. The molecule has 0 aliphatic carbocycles. The summed E-state index contributed by atoms with van der Waals surface area (Å²) in [6, 6.07) is 5.08. The van der Waals surface area contributed by atoms with Gasteiger partial charge in [-0.05, 0) is 11.5 Å². The van der Waals surface area contributed by atoms with Crippen LogP contribution in [0.2, 0.25) is 0 Å². The number of fused-ring (bicyclic) bond motifs is 1. The zero-order valence-corrected chi connectivity index (χ0v) is 6.23. The molecule has 0 spiro atoms. The quantitative estimate of drug-likeness (QED) is 0.483. The molecule has 0 aliphatic heterocycles. The zero-order valence-electron chi connectivity index (χ0n) is 6.23. The van der Waals surface area contributed by atoms with E-state index in [1.807, 2.05) is 0 Å². The molecule has 1 aromatic heterocycles. The van der Waals surface area contributed by atoms with E-state index >= 15 is 0 Å². The van der Waals surface area contributed by atoms with Gasteiger partial charge in [0.25, 0.3) is 0 Å². The lowest BCUT2D eigenvalue weighted by Crippen LogP contribution is -2.29. The lowest BCUT2D eigenvalue weighted by atomic mass is 9.80. The molecule has 1 heterocycles. The van der Waals surface area contributed by atoms with Crippen molar-refractivity contribution in [3.8, 4) is 0 Å². The minimum Gasteiger partial charge on any atom is -0.423 e. The standard InChI is InChI=1S/C7H7BN2O2/c11-8(12)6-2-1-5-4-9-10-7(5)3-6/h1-4,11-12H,(H,9,10). The van der Waals surface area contributed by atoms with Crippen molar-refractivity contribution in [2.24, 2.45) is 0 Å². The number of nitrogens with one attached hydrogen (secondary N) is 1. The summed E-state index contributed by atoms with van der Waals surface area (Å²) in [5.74, 6) is 0. The molecule has 4 nitrogen and oxygen atoms in total. The lowest BCUT2D eigenvalue weighted by molar-refractivity contribution is 0.426. The Kier molecular flexibility index (Phi) is 1.60. The Morgan fingerprint density at radius 3 is 2.92 bits per heavy atom. The molecule has 0 saturated carbocycles. The van der Waals surface area contributed by atoms with Gasteiger partial charge < -0.3 is 10.0 Å². The Morgan fingerprint density at radius 2 is 2.17 bits per heavy atom. The van der Waals surface area contributed by atoms with Gasteiger partial charge in [0.15, 0.2) is 0 Å². The Balaban J connectivity index is 2.60. The smallest absolute Gasteiger partial charge is 0.423 e. The average Bonchev–Trinajstić information content (AvgIpc) is 2.49. The molecule has 3 N–H and O–H groups in total. The van der Waals surface area contributed by atoms with Crippen molar-refractivity contribution in [3.63, 3.8) is 0 Å². The minimum atomic E-state index is -1.42. The van der Waals surface area contributed by atoms with Gasteiger partial charge in [-0.1, -0.05) is 12.1 Å². The van der Waals surface area contributed by atoms with E-state index < -0.39 is 7.12 Å². The van der Waals surface area contributed by atoms with Crippen molar-refractivity contribution in [1.29, 1.82) is 0 Å². The summed E-state index contributed by atoms with van der Waals surface area (Å²) >= 11 is 0. The normalized spacial score (nSPS) is 10.5. The van der Waals surface area contributed by atoms with Crippen LogP contribution in [-0.4, -0.2) is 27.4 Å². The largest absolute Gasteiger partial charge is 0.488 e. The van der Waals surface area contributed by atoms with E-state index in [2.05, 4.69) is 10.2 Å². The van der Waals surface area contributed by atoms with E-state index in [1.165, 1.54) is 0 Å². The Morgan fingerprint density at radius 1 is 1.33 bits per heavy atom. The third-order valence-corrected chi connectivity index (χ3v) is 1.76. The van der Waals surface area contributed by atoms with E-state index in [4.69, 9.17) is 10.0 Å². The Labute approximate surface area is 69.0 Å². The molecule has 0 amide bonds. The van der Waals surface area contributed by atoms with Crippen molar-refractivity contribution in [2.75, 3.05) is 0 Å². The van der Waals surface area contributed by atoms with Crippen LogP contribution in [0, 0.1) is 0 Å². The number of rotatable bonds is 1. The summed E-state index contributed by atoms with van der Waals surface area (Å²) in [4.78, 5) is 0. The monoisotopic (exact) mass is 162 g/mol. The molecule has 1 aromatic carbocycles. The number of hydrogen-bond donors (Lipinski definition) is 3. The summed E-state index contributed by atoms with van der Waals surface area (Å²) in [5, 5.41) is 25.2. The van der Waals surface area contributed by atoms with Crippen LogP contribution < -0.4 is 5.46 Å². The average molecular weight is 162 g/mol. The summed E-state index contributed by atoms with van der Waals surface area (Å²) in [7, 11) is -1.42. The maximum Gasteiger partial charge on any atom is 0.488 e. The van der Waals surface area contributed by atoms with Gasteiger partial charge in [0.05, 0.1) is 5.52 Å². The number of nitrogens with zero attached hydrogens (tertiary/aromatic N) is 1. The van der Waals surface area contributed by atoms with Gasteiger partial charge >= 0.3 is 7.12 Å². The fourth-order valence-electron chi connectivity index (χ4n) is 1.11. The molecular formula is C7H7BN2O2.